The van der Waals surface area contributed by atoms with Crippen molar-refractivity contribution < 1.29 is 4.74 Å². The molecule has 0 amide bonds. The molecule has 1 aromatic rings. The van der Waals surface area contributed by atoms with Crippen molar-refractivity contribution in [2.75, 3.05) is 12.3 Å². The zero-order chi connectivity index (χ0) is 9.52. The highest BCUT2D eigenvalue weighted by Crippen LogP contribution is 2.06. The van der Waals surface area contributed by atoms with Crippen LogP contribution in [0, 0.1) is 0 Å². The SMILES string of the molecule is CCCCOCc1ccc(N)cc1. The van der Waals surface area contributed by atoms with Gasteiger partial charge in [0, 0.05) is 12.3 Å². The Hall–Kier alpha value is -1.02. The summed E-state index contributed by atoms with van der Waals surface area (Å²) in [6.45, 7) is 3.70. The van der Waals surface area contributed by atoms with Gasteiger partial charge in [-0.25, -0.2) is 0 Å². The molecule has 0 unspecified atom stereocenters. The largest absolute Gasteiger partial charge is 0.399 e. The molecule has 72 valence electrons. The molecule has 0 saturated heterocycles. The van der Waals surface area contributed by atoms with Crippen LogP contribution in [0.5, 0.6) is 0 Å². The number of hydrogen-bond acceptors (Lipinski definition) is 2. The van der Waals surface area contributed by atoms with Crippen LogP contribution < -0.4 is 5.73 Å². The molecule has 0 aliphatic carbocycles. The van der Waals surface area contributed by atoms with Gasteiger partial charge in [-0.05, 0) is 24.1 Å². The zero-order valence-electron chi connectivity index (χ0n) is 8.12. The third-order valence-electron chi connectivity index (χ3n) is 1.89. The molecule has 0 bridgehead atoms. The Kier molecular flexibility index (Phi) is 4.33. The van der Waals surface area contributed by atoms with Gasteiger partial charge in [0.1, 0.15) is 0 Å². The molecule has 0 radical (unpaired) electrons. The van der Waals surface area contributed by atoms with Gasteiger partial charge >= 0.3 is 0 Å². The Morgan fingerprint density at radius 2 is 1.92 bits per heavy atom. The Balaban J connectivity index is 2.25. The molecular formula is C11H17NO. The van der Waals surface area contributed by atoms with Gasteiger partial charge in [-0.2, -0.15) is 0 Å². The zero-order valence-corrected chi connectivity index (χ0v) is 8.12. The Morgan fingerprint density at radius 1 is 1.23 bits per heavy atom. The molecule has 0 heterocycles. The maximum Gasteiger partial charge on any atom is 0.0716 e. The maximum atomic E-state index is 5.56. The molecule has 0 fully saturated rings. The van der Waals surface area contributed by atoms with Crippen molar-refractivity contribution in [2.45, 2.75) is 26.4 Å². The second-order valence-electron chi connectivity index (χ2n) is 3.15. The molecule has 0 saturated carbocycles. The number of benzene rings is 1. The van der Waals surface area contributed by atoms with Crippen molar-refractivity contribution in [1.82, 2.24) is 0 Å². The normalized spacial score (nSPS) is 10.2. The van der Waals surface area contributed by atoms with Crippen molar-refractivity contribution in [1.29, 1.82) is 0 Å². The van der Waals surface area contributed by atoms with Gasteiger partial charge in [0.2, 0.25) is 0 Å². The summed E-state index contributed by atoms with van der Waals surface area (Å²) in [6.07, 6.45) is 2.32. The van der Waals surface area contributed by atoms with Crippen LogP contribution in [-0.4, -0.2) is 6.61 Å². The first kappa shape index (κ1) is 10.1. The summed E-state index contributed by atoms with van der Waals surface area (Å²) in [5, 5.41) is 0. The van der Waals surface area contributed by atoms with Crippen molar-refractivity contribution in [2.24, 2.45) is 0 Å². The fourth-order valence-corrected chi connectivity index (χ4v) is 1.05. The lowest BCUT2D eigenvalue weighted by molar-refractivity contribution is 0.118. The van der Waals surface area contributed by atoms with Crippen molar-refractivity contribution in [3.8, 4) is 0 Å². The molecule has 2 heteroatoms. The number of nitrogens with two attached hydrogens (primary N) is 1. The average molecular weight is 179 g/mol. The minimum absolute atomic E-state index is 0.695. The number of rotatable bonds is 5. The Morgan fingerprint density at radius 3 is 2.54 bits per heavy atom. The van der Waals surface area contributed by atoms with Gasteiger partial charge in [-0.3, -0.25) is 0 Å². The number of anilines is 1. The van der Waals surface area contributed by atoms with E-state index in [2.05, 4.69) is 6.92 Å². The van der Waals surface area contributed by atoms with Crippen LogP contribution in [0.4, 0.5) is 5.69 Å². The van der Waals surface area contributed by atoms with Crippen LogP contribution in [0.3, 0.4) is 0 Å². The summed E-state index contributed by atoms with van der Waals surface area (Å²) in [7, 11) is 0. The number of nitrogen functional groups attached to an aromatic ring is 1. The van der Waals surface area contributed by atoms with Gasteiger partial charge < -0.3 is 10.5 Å². The smallest absolute Gasteiger partial charge is 0.0716 e. The van der Waals surface area contributed by atoms with Crippen LogP contribution in [0.25, 0.3) is 0 Å². The first-order valence-corrected chi connectivity index (χ1v) is 4.75. The van der Waals surface area contributed by atoms with E-state index in [0.29, 0.717) is 6.61 Å². The molecule has 2 nitrogen and oxygen atoms in total. The van der Waals surface area contributed by atoms with Crippen molar-refractivity contribution in [3.05, 3.63) is 29.8 Å². The van der Waals surface area contributed by atoms with E-state index in [-0.39, 0.29) is 0 Å². The van der Waals surface area contributed by atoms with E-state index in [1.165, 1.54) is 12.0 Å². The van der Waals surface area contributed by atoms with Gasteiger partial charge in [0.15, 0.2) is 0 Å². The maximum absolute atomic E-state index is 5.56. The van der Waals surface area contributed by atoms with Crippen LogP contribution in [0.2, 0.25) is 0 Å². The monoisotopic (exact) mass is 179 g/mol. The molecule has 0 spiro atoms. The highest BCUT2D eigenvalue weighted by Gasteiger charge is 1.92. The summed E-state index contributed by atoms with van der Waals surface area (Å²) >= 11 is 0. The molecular weight excluding hydrogens is 162 g/mol. The summed E-state index contributed by atoms with van der Waals surface area (Å²) < 4.78 is 5.46. The minimum atomic E-state index is 0.695. The van der Waals surface area contributed by atoms with Gasteiger partial charge in [-0.1, -0.05) is 25.5 Å². The van der Waals surface area contributed by atoms with Crippen molar-refractivity contribution >= 4 is 5.69 Å². The number of unbranched alkanes of at least 4 members (excludes halogenated alkanes) is 1. The first-order chi connectivity index (χ1) is 6.33. The molecule has 0 aliphatic heterocycles. The lowest BCUT2D eigenvalue weighted by Gasteiger charge is -2.03. The Labute approximate surface area is 79.7 Å². The Bertz CT molecular complexity index is 230. The summed E-state index contributed by atoms with van der Waals surface area (Å²) in [5.41, 5.74) is 7.55. The third kappa shape index (κ3) is 3.95. The molecule has 1 rings (SSSR count). The quantitative estimate of drug-likeness (QED) is 0.557. The molecule has 1 aromatic carbocycles. The van der Waals surface area contributed by atoms with Crippen LogP contribution in [-0.2, 0) is 11.3 Å². The van der Waals surface area contributed by atoms with E-state index in [9.17, 15) is 0 Å². The summed E-state index contributed by atoms with van der Waals surface area (Å²) in [6, 6.07) is 7.81. The standard InChI is InChI=1S/C11H17NO/c1-2-3-8-13-9-10-4-6-11(12)7-5-10/h4-7H,2-3,8-9,12H2,1H3. The fourth-order valence-electron chi connectivity index (χ4n) is 1.05. The van der Waals surface area contributed by atoms with E-state index < -0.39 is 0 Å². The predicted octanol–water partition coefficient (Wildman–Crippen LogP) is 2.59. The molecule has 0 aromatic heterocycles. The lowest BCUT2D eigenvalue weighted by atomic mass is 10.2. The molecule has 0 atom stereocenters. The van der Waals surface area contributed by atoms with Crippen LogP contribution in [0.1, 0.15) is 25.3 Å². The van der Waals surface area contributed by atoms with E-state index in [4.69, 9.17) is 10.5 Å². The minimum Gasteiger partial charge on any atom is -0.399 e. The first-order valence-electron chi connectivity index (χ1n) is 4.75. The molecule has 13 heavy (non-hydrogen) atoms. The highest BCUT2D eigenvalue weighted by molar-refractivity contribution is 5.38. The van der Waals surface area contributed by atoms with Gasteiger partial charge in [-0.15, -0.1) is 0 Å². The third-order valence-corrected chi connectivity index (χ3v) is 1.89. The summed E-state index contributed by atoms with van der Waals surface area (Å²) in [5.74, 6) is 0. The van der Waals surface area contributed by atoms with E-state index in [1.54, 1.807) is 0 Å². The molecule has 0 aliphatic rings. The van der Waals surface area contributed by atoms with Gasteiger partial charge in [0.05, 0.1) is 6.61 Å². The number of hydrogen-bond donors (Lipinski definition) is 1. The average Bonchev–Trinajstić information content (AvgIpc) is 2.15. The van der Waals surface area contributed by atoms with Gasteiger partial charge in [0.25, 0.3) is 0 Å². The van der Waals surface area contributed by atoms with Crippen LogP contribution >= 0.6 is 0 Å². The van der Waals surface area contributed by atoms with E-state index >= 15 is 0 Å². The highest BCUT2D eigenvalue weighted by atomic mass is 16.5. The lowest BCUT2D eigenvalue weighted by Crippen LogP contribution is -1.95. The van der Waals surface area contributed by atoms with E-state index in [0.717, 1.165) is 18.7 Å². The second kappa shape index (κ2) is 5.60. The topological polar surface area (TPSA) is 35.2 Å². The second-order valence-corrected chi connectivity index (χ2v) is 3.15. The van der Waals surface area contributed by atoms with E-state index in [1.807, 2.05) is 24.3 Å². The van der Waals surface area contributed by atoms with Crippen LogP contribution in [0.15, 0.2) is 24.3 Å². The summed E-state index contributed by atoms with van der Waals surface area (Å²) in [4.78, 5) is 0. The van der Waals surface area contributed by atoms with Crippen molar-refractivity contribution in [3.63, 3.8) is 0 Å². The number of ether oxygens (including phenoxy) is 1. The molecule has 2 N–H and O–H groups in total. The fraction of sp³-hybridized carbons (Fsp3) is 0.455. The predicted molar refractivity (Wildman–Crippen MR) is 55.4 cm³/mol.